The molecule has 1 aliphatic rings. The first-order chi connectivity index (χ1) is 10.1. The van der Waals surface area contributed by atoms with Crippen LogP contribution < -0.4 is 15.4 Å². The summed E-state index contributed by atoms with van der Waals surface area (Å²) in [6, 6.07) is 11.7. The molecule has 2 amide bonds. The second-order valence-corrected chi connectivity index (χ2v) is 4.95. The molecule has 2 N–H and O–H groups in total. The molecule has 0 spiro atoms. The highest BCUT2D eigenvalue weighted by Gasteiger charge is 2.16. The summed E-state index contributed by atoms with van der Waals surface area (Å²) in [6.07, 6.45) is 0. The first kappa shape index (κ1) is 13.5. The molecule has 0 unspecified atom stereocenters. The fraction of sp³-hybridized carbons (Fsp3) is 0.0667. The zero-order chi connectivity index (χ0) is 14.8. The Morgan fingerprint density at radius 2 is 1.95 bits per heavy atom. The van der Waals surface area contributed by atoms with E-state index < -0.39 is 0 Å². The maximum Gasteiger partial charge on any atom is 0.262 e. The quantitative estimate of drug-likeness (QED) is 0.896. The molecule has 0 saturated heterocycles. The molecule has 3 rings (SSSR count). The van der Waals surface area contributed by atoms with Crippen molar-refractivity contribution in [3.63, 3.8) is 0 Å². The van der Waals surface area contributed by atoms with Crippen molar-refractivity contribution in [3.8, 4) is 5.75 Å². The molecule has 2 aromatic rings. The Balaban J connectivity index is 1.77. The van der Waals surface area contributed by atoms with E-state index in [0.717, 1.165) is 0 Å². The standard InChI is InChI=1S/C15H11ClN2O3/c16-10-3-1-9(2-4-10)15(20)17-11-5-6-12-13(7-11)21-8-14(19)18-12/h1-7H,8H2,(H,17,20)(H,18,19). The van der Waals surface area contributed by atoms with Crippen molar-refractivity contribution in [1.29, 1.82) is 0 Å². The molecular weight excluding hydrogens is 292 g/mol. The van der Waals surface area contributed by atoms with Gasteiger partial charge in [-0.05, 0) is 36.4 Å². The molecule has 2 aromatic carbocycles. The van der Waals surface area contributed by atoms with E-state index >= 15 is 0 Å². The third-order valence-corrected chi connectivity index (χ3v) is 3.23. The van der Waals surface area contributed by atoms with Crippen molar-refractivity contribution in [3.05, 3.63) is 53.1 Å². The molecule has 1 heterocycles. The number of nitrogens with one attached hydrogen (secondary N) is 2. The van der Waals surface area contributed by atoms with Crippen LogP contribution in [0.15, 0.2) is 42.5 Å². The van der Waals surface area contributed by atoms with Crippen molar-refractivity contribution < 1.29 is 14.3 Å². The van der Waals surface area contributed by atoms with Crippen LogP contribution in [0.5, 0.6) is 5.75 Å². The Labute approximate surface area is 125 Å². The van der Waals surface area contributed by atoms with Crippen LogP contribution in [-0.4, -0.2) is 18.4 Å². The van der Waals surface area contributed by atoms with E-state index in [-0.39, 0.29) is 18.4 Å². The molecule has 0 aliphatic carbocycles. The average molecular weight is 303 g/mol. The minimum atomic E-state index is -0.244. The normalized spacial score (nSPS) is 12.9. The molecule has 6 heteroatoms. The van der Waals surface area contributed by atoms with Gasteiger partial charge in [-0.1, -0.05) is 11.6 Å². The van der Waals surface area contributed by atoms with E-state index in [1.165, 1.54) is 0 Å². The second kappa shape index (κ2) is 5.46. The second-order valence-electron chi connectivity index (χ2n) is 4.51. The smallest absolute Gasteiger partial charge is 0.262 e. The number of benzene rings is 2. The topological polar surface area (TPSA) is 67.4 Å². The lowest BCUT2D eigenvalue weighted by Gasteiger charge is -2.18. The highest BCUT2D eigenvalue weighted by Crippen LogP contribution is 2.30. The van der Waals surface area contributed by atoms with Gasteiger partial charge in [-0.2, -0.15) is 0 Å². The van der Waals surface area contributed by atoms with Crippen LogP contribution >= 0.6 is 11.6 Å². The van der Waals surface area contributed by atoms with Crippen LogP contribution in [0.2, 0.25) is 5.02 Å². The van der Waals surface area contributed by atoms with Crippen molar-refractivity contribution in [2.75, 3.05) is 17.2 Å². The van der Waals surface area contributed by atoms with Gasteiger partial charge in [-0.3, -0.25) is 9.59 Å². The third-order valence-electron chi connectivity index (χ3n) is 2.98. The SMILES string of the molecule is O=C1COc2cc(NC(=O)c3ccc(Cl)cc3)ccc2N1. The number of halogens is 1. The number of carbonyl (C=O) groups is 2. The van der Waals surface area contributed by atoms with Crippen LogP contribution in [0.4, 0.5) is 11.4 Å². The number of fused-ring (bicyclic) bond motifs is 1. The Morgan fingerprint density at radius 1 is 1.19 bits per heavy atom. The largest absolute Gasteiger partial charge is 0.482 e. The minimum absolute atomic E-state index is 0.0262. The van der Waals surface area contributed by atoms with Gasteiger partial charge in [0.15, 0.2) is 6.61 Å². The maximum absolute atomic E-state index is 12.1. The Morgan fingerprint density at radius 3 is 2.71 bits per heavy atom. The van der Waals surface area contributed by atoms with Crippen molar-refractivity contribution in [2.24, 2.45) is 0 Å². The maximum atomic E-state index is 12.1. The highest BCUT2D eigenvalue weighted by molar-refractivity contribution is 6.30. The zero-order valence-electron chi connectivity index (χ0n) is 10.9. The lowest BCUT2D eigenvalue weighted by Crippen LogP contribution is -2.25. The molecule has 0 radical (unpaired) electrons. The minimum Gasteiger partial charge on any atom is -0.482 e. The van der Waals surface area contributed by atoms with E-state index in [4.69, 9.17) is 16.3 Å². The predicted octanol–water partition coefficient (Wildman–Crippen LogP) is 2.92. The predicted molar refractivity (Wildman–Crippen MR) is 80.0 cm³/mol. The van der Waals surface area contributed by atoms with E-state index in [1.807, 2.05) is 0 Å². The molecule has 21 heavy (non-hydrogen) atoms. The van der Waals surface area contributed by atoms with Crippen molar-refractivity contribution >= 4 is 34.8 Å². The van der Waals surface area contributed by atoms with E-state index in [2.05, 4.69) is 10.6 Å². The lowest BCUT2D eigenvalue weighted by atomic mass is 10.2. The van der Waals surface area contributed by atoms with Gasteiger partial charge in [-0.25, -0.2) is 0 Å². The van der Waals surface area contributed by atoms with E-state index in [1.54, 1.807) is 42.5 Å². The number of hydrogen-bond donors (Lipinski definition) is 2. The van der Waals surface area contributed by atoms with Crippen LogP contribution in [0.1, 0.15) is 10.4 Å². The van der Waals surface area contributed by atoms with Crippen LogP contribution in [0.25, 0.3) is 0 Å². The molecule has 5 nitrogen and oxygen atoms in total. The Hall–Kier alpha value is -2.53. The van der Waals surface area contributed by atoms with Gasteiger partial charge in [-0.15, -0.1) is 0 Å². The highest BCUT2D eigenvalue weighted by atomic mass is 35.5. The molecule has 0 bridgehead atoms. The Bertz CT molecular complexity index is 713. The number of rotatable bonds is 2. The lowest BCUT2D eigenvalue weighted by molar-refractivity contribution is -0.118. The molecular formula is C15H11ClN2O3. The number of anilines is 2. The van der Waals surface area contributed by atoms with Gasteiger partial charge in [0, 0.05) is 22.3 Å². The summed E-state index contributed by atoms with van der Waals surface area (Å²) < 4.78 is 5.30. The summed E-state index contributed by atoms with van der Waals surface area (Å²) >= 11 is 5.79. The van der Waals surface area contributed by atoms with Crippen LogP contribution in [0, 0.1) is 0 Å². The molecule has 106 valence electrons. The summed E-state index contributed by atoms with van der Waals surface area (Å²) in [4.78, 5) is 23.3. The molecule has 1 aliphatic heterocycles. The molecule has 0 fully saturated rings. The van der Waals surface area contributed by atoms with Gasteiger partial charge in [0.05, 0.1) is 5.69 Å². The summed E-state index contributed by atoms with van der Waals surface area (Å²) in [6.45, 7) is -0.0262. The Kier molecular flexibility index (Phi) is 3.50. The van der Waals surface area contributed by atoms with Crippen LogP contribution in [-0.2, 0) is 4.79 Å². The average Bonchev–Trinajstić information content (AvgIpc) is 2.48. The first-order valence-corrected chi connectivity index (χ1v) is 6.63. The number of amides is 2. The third kappa shape index (κ3) is 2.98. The summed E-state index contributed by atoms with van der Waals surface area (Å²) in [5.74, 6) is 0.0930. The van der Waals surface area contributed by atoms with Gasteiger partial charge < -0.3 is 15.4 Å². The molecule has 0 aromatic heterocycles. The van der Waals surface area contributed by atoms with Gasteiger partial charge in [0.2, 0.25) is 0 Å². The fourth-order valence-corrected chi connectivity index (χ4v) is 2.08. The zero-order valence-corrected chi connectivity index (χ0v) is 11.6. The molecule has 0 atom stereocenters. The van der Waals surface area contributed by atoms with Crippen molar-refractivity contribution in [2.45, 2.75) is 0 Å². The van der Waals surface area contributed by atoms with Gasteiger partial charge in [0.25, 0.3) is 11.8 Å². The van der Waals surface area contributed by atoms with Crippen LogP contribution in [0.3, 0.4) is 0 Å². The van der Waals surface area contributed by atoms with E-state index in [0.29, 0.717) is 27.7 Å². The van der Waals surface area contributed by atoms with Gasteiger partial charge in [0.1, 0.15) is 5.75 Å². The van der Waals surface area contributed by atoms with E-state index in [9.17, 15) is 9.59 Å². The number of hydrogen-bond acceptors (Lipinski definition) is 3. The summed E-state index contributed by atoms with van der Waals surface area (Å²) in [5, 5.41) is 6.02. The molecule has 0 saturated carbocycles. The van der Waals surface area contributed by atoms with Gasteiger partial charge >= 0.3 is 0 Å². The summed E-state index contributed by atoms with van der Waals surface area (Å²) in [7, 11) is 0. The summed E-state index contributed by atoms with van der Waals surface area (Å²) in [5.41, 5.74) is 1.69. The number of carbonyl (C=O) groups excluding carboxylic acids is 2. The monoisotopic (exact) mass is 302 g/mol. The number of ether oxygens (including phenoxy) is 1. The van der Waals surface area contributed by atoms with Crippen molar-refractivity contribution in [1.82, 2.24) is 0 Å². The first-order valence-electron chi connectivity index (χ1n) is 6.25. The fourth-order valence-electron chi connectivity index (χ4n) is 1.96.